The molecule has 0 aliphatic heterocycles. The Bertz CT molecular complexity index is 66.1. The third kappa shape index (κ3) is 6.02. The Balaban J connectivity index is 3.15. The van der Waals surface area contributed by atoms with Gasteiger partial charge in [0.1, 0.15) is 8.96 Å². The molecule has 0 aromatic carbocycles. The SMILES string of the molecule is CC(C)C[SiH](N)CCN. The number of rotatable bonds is 4. The van der Waals surface area contributed by atoms with E-state index in [0.29, 0.717) is 0 Å². The molecule has 0 aliphatic rings. The van der Waals surface area contributed by atoms with Crippen LogP contribution < -0.4 is 11.1 Å². The fourth-order valence-corrected chi connectivity index (χ4v) is 2.81. The summed E-state index contributed by atoms with van der Waals surface area (Å²) in [6, 6.07) is 2.33. The maximum Gasteiger partial charge on any atom is 0.107 e. The van der Waals surface area contributed by atoms with E-state index in [9.17, 15) is 0 Å². The van der Waals surface area contributed by atoms with Crippen LogP contribution in [0.4, 0.5) is 0 Å². The van der Waals surface area contributed by atoms with Crippen molar-refractivity contribution >= 4 is 8.96 Å². The average Bonchev–Trinajstić information content (AvgIpc) is 1.63. The lowest BCUT2D eigenvalue weighted by Gasteiger charge is -2.09. The molecule has 0 heterocycles. The predicted octanol–water partition coefficient (Wildman–Crippen LogP) is 0.284. The van der Waals surface area contributed by atoms with Gasteiger partial charge in [-0.3, -0.25) is 0 Å². The Hall–Kier alpha value is 0.137. The molecule has 0 spiro atoms. The maximum atomic E-state index is 5.84. The summed E-state index contributed by atoms with van der Waals surface area (Å²) in [7, 11) is -0.885. The molecule has 9 heavy (non-hydrogen) atoms. The first kappa shape index (κ1) is 9.14. The highest BCUT2D eigenvalue weighted by atomic mass is 28.3. The minimum absolute atomic E-state index is 0.762. The van der Waals surface area contributed by atoms with Crippen molar-refractivity contribution in [2.75, 3.05) is 6.54 Å². The summed E-state index contributed by atoms with van der Waals surface area (Å²) in [5.41, 5.74) is 5.36. The quantitative estimate of drug-likeness (QED) is 0.560. The molecule has 0 aliphatic carbocycles. The van der Waals surface area contributed by atoms with Gasteiger partial charge in [-0.15, -0.1) is 0 Å². The predicted molar refractivity (Wildman–Crippen MR) is 44.8 cm³/mol. The van der Waals surface area contributed by atoms with E-state index in [4.69, 9.17) is 11.1 Å². The second kappa shape index (κ2) is 4.96. The summed E-state index contributed by atoms with van der Waals surface area (Å²) in [5.74, 6) is 0.762. The first-order chi connectivity index (χ1) is 4.16. The van der Waals surface area contributed by atoms with Gasteiger partial charge in [-0.25, -0.2) is 0 Å². The Morgan fingerprint density at radius 2 is 2.00 bits per heavy atom. The van der Waals surface area contributed by atoms with Gasteiger partial charge >= 0.3 is 0 Å². The molecule has 0 aromatic heterocycles. The zero-order valence-electron chi connectivity index (χ0n) is 6.43. The van der Waals surface area contributed by atoms with Gasteiger partial charge in [0.15, 0.2) is 0 Å². The normalized spacial score (nSPS) is 14.3. The molecule has 0 radical (unpaired) electrons. The second-order valence-corrected chi connectivity index (χ2v) is 5.54. The summed E-state index contributed by atoms with van der Waals surface area (Å²) < 4.78 is 0. The average molecular weight is 146 g/mol. The summed E-state index contributed by atoms with van der Waals surface area (Å²) >= 11 is 0. The van der Waals surface area contributed by atoms with Gasteiger partial charge < -0.3 is 11.1 Å². The molecule has 0 bridgehead atoms. The molecule has 0 aromatic rings. The first-order valence-electron chi connectivity index (χ1n) is 3.62. The fraction of sp³-hybridized carbons (Fsp3) is 1.00. The van der Waals surface area contributed by atoms with Crippen LogP contribution in [0.1, 0.15) is 13.8 Å². The van der Waals surface area contributed by atoms with Crippen molar-refractivity contribution in [1.29, 1.82) is 0 Å². The summed E-state index contributed by atoms with van der Waals surface area (Å²) in [6.07, 6.45) is 0. The van der Waals surface area contributed by atoms with Crippen molar-refractivity contribution in [2.24, 2.45) is 17.1 Å². The molecule has 0 rings (SSSR count). The van der Waals surface area contributed by atoms with Gasteiger partial charge in [-0.2, -0.15) is 0 Å². The van der Waals surface area contributed by atoms with Crippen molar-refractivity contribution < 1.29 is 0 Å². The van der Waals surface area contributed by atoms with Crippen LogP contribution in [0.5, 0.6) is 0 Å². The molecule has 1 atom stereocenters. The first-order valence-corrected chi connectivity index (χ1v) is 5.92. The molecular weight excluding hydrogens is 128 g/mol. The lowest BCUT2D eigenvalue weighted by Crippen LogP contribution is -2.29. The third-order valence-electron chi connectivity index (χ3n) is 1.31. The molecule has 0 saturated heterocycles. The zero-order chi connectivity index (χ0) is 7.28. The van der Waals surface area contributed by atoms with Gasteiger partial charge in [0.05, 0.1) is 0 Å². The van der Waals surface area contributed by atoms with Crippen molar-refractivity contribution in [3.8, 4) is 0 Å². The van der Waals surface area contributed by atoms with Crippen LogP contribution in [0.15, 0.2) is 0 Å². The summed E-state index contributed by atoms with van der Waals surface area (Å²) in [5, 5.41) is 5.84. The molecule has 0 amide bonds. The number of hydrogen-bond acceptors (Lipinski definition) is 2. The smallest absolute Gasteiger partial charge is 0.107 e. The van der Waals surface area contributed by atoms with Crippen molar-refractivity contribution in [2.45, 2.75) is 25.9 Å². The van der Waals surface area contributed by atoms with Crippen molar-refractivity contribution in [3.63, 3.8) is 0 Å². The van der Waals surface area contributed by atoms with Crippen LogP contribution in [-0.2, 0) is 0 Å². The van der Waals surface area contributed by atoms with Crippen LogP contribution >= 0.6 is 0 Å². The largest absolute Gasteiger partial charge is 0.353 e. The van der Waals surface area contributed by atoms with Gasteiger partial charge in [0.25, 0.3) is 0 Å². The lowest BCUT2D eigenvalue weighted by atomic mass is 10.3. The van der Waals surface area contributed by atoms with E-state index in [1.54, 1.807) is 0 Å². The van der Waals surface area contributed by atoms with E-state index in [1.807, 2.05) is 0 Å². The van der Waals surface area contributed by atoms with Gasteiger partial charge in [-0.05, 0) is 24.6 Å². The van der Waals surface area contributed by atoms with Gasteiger partial charge in [-0.1, -0.05) is 13.8 Å². The fourth-order valence-electron chi connectivity index (χ4n) is 0.937. The van der Waals surface area contributed by atoms with Crippen LogP contribution in [0.2, 0.25) is 12.1 Å². The highest BCUT2D eigenvalue weighted by Gasteiger charge is 2.04. The topological polar surface area (TPSA) is 52.0 Å². The van der Waals surface area contributed by atoms with E-state index in [1.165, 1.54) is 6.04 Å². The van der Waals surface area contributed by atoms with Crippen LogP contribution in [0.25, 0.3) is 0 Å². The summed E-state index contributed by atoms with van der Waals surface area (Å²) in [6.45, 7) is 5.20. The van der Waals surface area contributed by atoms with E-state index >= 15 is 0 Å². The third-order valence-corrected chi connectivity index (χ3v) is 3.93. The Labute approximate surface area is 59.3 Å². The van der Waals surface area contributed by atoms with E-state index in [-0.39, 0.29) is 0 Å². The van der Waals surface area contributed by atoms with Crippen LogP contribution in [-0.4, -0.2) is 15.5 Å². The standard InChI is InChI=1S/C6H18N2Si/c1-6(2)5-9(8)4-3-7/h6,9H,3-5,7-8H2,1-2H3. The maximum absolute atomic E-state index is 5.84. The molecule has 4 N–H and O–H groups in total. The molecule has 0 saturated carbocycles. The van der Waals surface area contributed by atoms with Crippen LogP contribution in [0.3, 0.4) is 0 Å². The lowest BCUT2D eigenvalue weighted by molar-refractivity contribution is 0.722. The van der Waals surface area contributed by atoms with E-state index < -0.39 is 8.96 Å². The minimum atomic E-state index is -0.885. The monoisotopic (exact) mass is 146 g/mol. The Kier molecular flexibility index (Phi) is 5.04. The number of nitrogens with two attached hydrogens (primary N) is 2. The molecule has 3 heteroatoms. The zero-order valence-corrected chi connectivity index (χ0v) is 7.59. The highest BCUT2D eigenvalue weighted by Crippen LogP contribution is 2.03. The van der Waals surface area contributed by atoms with Gasteiger partial charge in [0, 0.05) is 0 Å². The highest BCUT2D eigenvalue weighted by molar-refractivity contribution is 6.55. The molecule has 0 fully saturated rings. The summed E-state index contributed by atoms with van der Waals surface area (Å²) in [4.78, 5) is 0. The van der Waals surface area contributed by atoms with Crippen molar-refractivity contribution in [3.05, 3.63) is 0 Å². The Morgan fingerprint density at radius 3 is 2.33 bits per heavy atom. The number of hydrogen-bond donors (Lipinski definition) is 2. The molecule has 56 valence electrons. The van der Waals surface area contributed by atoms with Crippen molar-refractivity contribution in [1.82, 2.24) is 0 Å². The van der Waals surface area contributed by atoms with E-state index in [0.717, 1.165) is 18.5 Å². The molecular formula is C6H18N2Si. The van der Waals surface area contributed by atoms with Gasteiger partial charge in [0.2, 0.25) is 0 Å². The molecule has 1 unspecified atom stereocenters. The second-order valence-electron chi connectivity index (χ2n) is 2.97. The van der Waals surface area contributed by atoms with E-state index in [2.05, 4.69) is 13.8 Å². The molecule has 2 nitrogen and oxygen atoms in total. The van der Waals surface area contributed by atoms with Crippen LogP contribution in [0, 0.1) is 5.92 Å². The Morgan fingerprint density at radius 1 is 1.44 bits per heavy atom. The minimum Gasteiger partial charge on any atom is -0.353 e.